The van der Waals surface area contributed by atoms with Gasteiger partial charge in [0.1, 0.15) is 30.3 Å². The van der Waals surface area contributed by atoms with Gasteiger partial charge in [-0.3, -0.25) is 19.2 Å². The van der Waals surface area contributed by atoms with E-state index in [1.54, 1.807) is 24.5 Å². The number of aryl methyl sites for hydroxylation is 1. The minimum Gasteiger partial charge on any atom is -0.494 e. The number of aromatic nitrogens is 3. The van der Waals surface area contributed by atoms with Gasteiger partial charge in [-0.1, -0.05) is 30.7 Å². The Morgan fingerprint density at radius 1 is 0.914 bits per heavy atom. The standard InChI is InChI=1S/C50H68BrN9O9S/c1-34-45(70-33-55-34)37-14-12-36(13-15-37)29-53-47(63)43-28-40(61)31-60(43)48(64)35(2)56-44(62)32-68-26-8-24-66-22-4-5-23-67-25-9-27-69-41-18-16-39(17-19-41)57-50-54-30-42(51)46(58-50)52-20-7-21-59(3)49(65)38-10-6-11-38/h12-19,30,33,35,38,40,43,61H,4-11,20-29,31-32H2,1-3H3,(H,53,63)(H,56,62)(H2,52,54,57,58)/t35-,40+,43-/m0/s1. The van der Waals surface area contributed by atoms with Crippen LogP contribution in [0.5, 0.6) is 5.75 Å². The second-order valence-corrected chi connectivity index (χ2v) is 19.3. The highest BCUT2D eigenvalue weighted by atomic mass is 79.9. The lowest BCUT2D eigenvalue weighted by atomic mass is 9.84. The summed E-state index contributed by atoms with van der Waals surface area (Å²) in [4.78, 5) is 68.9. The molecule has 3 atom stereocenters. The number of likely N-dealkylation sites (tertiary alicyclic amines) is 1. The van der Waals surface area contributed by atoms with E-state index in [0.29, 0.717) is 70.9 Å². The Kier molecular flexibility index (Phi) is 22.1. The summed E-state index contributed by atoms with van der Waals surface area (Å²) in [6.45, 7) is 8.13. The van der Waals surface area contributed by atoms with Crippen LogP contribution < -0.4 is 26.0 Å². The second kappa shape index (κ2) is 28.6. The molecule has 20 heteroatoms. The molecule has 0 radical (unpaired) electrons. The molecule has 18 nitrogen and oxygen atoms in total. The molecule has 1 aliphatic heterocycles. The van der Waals surface area contributed by atoms with Crippen molar-refractivity contribution in [3.8, 4) is 16.2 Å². The fourth-order valence-corrected chi connectivity index (χ4v) is 9.01. The maximum Gasteiger partial charge on any atom is 0.246 e. The number of nitrogens with one attached hydrogen (secondary N) is 4. The Bertz CT molecular complexity index is 2270. The number of unbranched alkanes of at least 4 members (excludes halogenated alkanes) is 1. The van der Waals surface area contributed by atoms with Crippen molar-refractivity contribution in [3.63, 3.8) is 0 Å². The van der Waals surface area contributed by atoms with E-state index in [-0.39, 0.29) is 43.8 Å². The summed E-state index contributed by atoms with van der Waals surface area (Å²) in [6, 6.07) is 13.7. The number of hydrogen-bond donors (Lipinski definition) is 5. The van der Waals surface area contributed by atoms with E-state index in [4.69, 9.17) is 18.9 Å². The molecule has 3 heterocycles. The van der Waals surface area contributed by atoms with Gasteiger partial charge in [0, 0.05) is 96.9 Å². The Morgan fingerprint density at radius 3 is 2.30 bits per heavy atom. The minimum absolute atomic E-state index is 0.00851. The van der Waals surface area contributed by atoms with Gasteiger partial charge in [-0.15, -0.1) is 11.3 Å². The number of aliphatic hydroxyl groups is 1. The van der Waals surface area contributed by atoms with E-state index in [0.717, 1.165) is 82.6 Å². The number of benzene rings is 2. The zero-order valence-electron chi connectivity index (χ0n) is 40.5. The molecular weight excluding hydrogens is 983 g/mol. The molecule has 1 saturated heterocycles. The number of nitrogens with zero attached hydrogens (tertiary/aromatic N) is 5. The van der Waals surface area contributed by atoms with Crippen LogP contribution >= 0.6 is 27.3 Å². The summed E-state index contributed by atoms with van der Waals surface area (Å²) in [5.41, 5.74) is 5.57. The largest absolute Gasteiger partial charge is 0.494 e. The van der Waals surface area contributed by atoms with Crippen molar-refractivity contribution in [2.75, 3.05) is 83.6 Å². The number of amides is 4. The highest BCUT2D eigenvalue weighted by molar-refractivity contribution is 9.10. The van der Waals surface area contributed by atoms with Crippen molar-refractivity contribution in [1.82, 2.24) is 35.4 Å². The van der Waals surface area contributed by atoms with Gasteiger partial charge in [0.25, 0.3) is 0 Å². The van der Waals surface area contributed by atoms with Crippen molar-refractivity contribution < 1.29 is 43.2 Å². The number of β-amino-alcohol motifs (C(OH)–C–C–N with tert-alkyl or cyclic N) is 1. The van der Waals surface area contributed by atoms with Crippen molar-refractivity contribution in [3.05, 3.63) is 76.0 Å². The van der Waals surface area contributed by atoms with Gasteiger partial charge in [0.15, 0.2) is 0 Å². The van der Waals surface area contributed by atoms with Crippen LogP contribution in [0.1, 0.15) is 76.0 Å². The number of thiazole rings is 1. The number of carbonyl (C=O) groups is 4. The molecule has 2 aromatic carbocycles. The molecule has 0 bridgehead atoms. The molecule has 0 unspecified atom stereocenters. The maximum atomic E-state index is 13.3. The number of ether oxygens (including phenoxy) is 4. The number of halogens is 1. The molecule has 2 aromatic heterocycles. The average molecular weight is 1050 g/mol. The van der Waals surface area contributed by atoms with Crippen molar-refractivity contribution in [2.24, 2.45) is 5.92 Å². The van der Waals surface area contributed by atoms with Gasteiger partial charge >= 0.3 is 0 Å². The first-order valence-corrected chi connectivity index (χ1v) is 25.9. The van der Waals surface area contributed by atoms with E-state index in [9.17, 15) is 24.3 Å². The maximum absolute atomic E-state index is 13.3. The number of hydrogen-bond acceptors (Lipinski definition) is 15. The molecule has 0 spiro atoms. The Hall–Kier alpha value is -5.25. The first-order chi connectivity index (χ1) is 33.9. The number of aliphatic hydroxyl groups excluding tert-OH is 1. The Labute approximate surface area is 423 Å². The molecular formula is C50H68BrN9O9S. The SMILES string of the molecule is Cc1ncsc1-c1ccc(CNC(=O)[C@@H]2C[C@@H](O)CN2C(=O)[C@H](C)NC(=O)COCCCOCCCCOCCCOc2ccc(Nc3ncc(Br)c(NCCCN(C)C(=O)C4CCC4)n3)cc2)cc1. The van der Waals surface area contributed by atoms with E-state index in [1.165, 1.54) is 4.90 Å². The van der Waals surface area contributed by atoms with Gasteiger partial charge < -0.3 is 55.1 Å². The quantitative estimate of drug-likeness (QED) is 0.0365. The average Bonchev–Trinajstić information content (AvgIpc) is 3.96. The Morgan fingerprint density at radius 2 is 1.61 bits per heavy atom. The third-order valence-corrected chi connectivity index (χ3v) is 13.6. The number of carbonyl (C=O) groups excluding carboxylic acids is 4. The highest BCUT2D eigenvalue weighted by Gasteiger charge is 2.40. The summed E-state index contributed by atoms with van der Waals surface area (Å²) >= 11 is 5.09. The summed E-state index contributed by atoms with van der Waals surface area (Å²) in [5, 5.41) is 22.5. The molecule has 1 aliphatic carbocycles. The van der Waals surface area contributed by atoms with Crippen molar-refractivity contribution in [1.29, 1.82) is 0 Å². The fourth-order valence-electron chi connectivity index (χ4n) is 7.87. The van der Waals surface area contributed by atoms with Crippen molar-refractivity contribution in [2.45, 2.75) is 96.4 Å². The van der Waals surface area contributed by atoms with Crippen molar-refractivity contribution >= 4 is 68.3 Å². The molecule has 2 aliphatic rings. The summed E-state index contributed by atoms with van der Waals surface area (Å²) in [5.74, 6) is 1.11. The van der Waals surface area contributed by atoms with Crippen LogP contribution in [0.4, 0.5) is 17.5 Å². The summed E-state index contributed by atoms with van der Waals surface area (Å²) < 4.78 is 23.6. The Balaban J connectivity index is 0.731. The third kappa shape index (κ3) is 17.3. The molecule has 70 heavy (non-hydrogen) atoms. The molecule has 6 rings (SSSR count). The zero-order chi connectivity index (χ0) is 49.7. The van der Waals surface area contributed by atoms with Crippen LogP contribution in [0.2, 0.25) is 0 Å². The van der Waals surface area contributed by atoms with Crippen LogP contribution in [0.3, 0.4) is 0 Å². The topological polar surface area (TPSA) is 219 Å². The lowest BCUT2D eigenvalue weighted by Gasteiger charge is -2.29. The van der Waals surface area contributed by atoms with Gasteiger partial charge in [0.05, 0.1) is 33.3 Å². The van der Waals surface area contributed by atoms with Crippen LogP contribution in [0.25, 0.3) is 10.4 Å². The lowest BCUT2D eigenvalue weighted by molar-refractivity contribution is -0.141. The number of anilines is 3. The molecule has 5 N–H and O–H groups in total. The van der Waals surface area contributed by atoms with Gasteiger partial charge in [0.2, 0.25) is 29.6 Å². The highest BCUT2D eigenvalue weighted by Crippen LogP contribution is 2.29. The molecule has 4 amide bonds. The molecule has 380 valence electrons. The molecule has 2 fully saturated rings. The number of rotatable bonds is 30. The van der Waals surface area contributed by atoms with Crippen LogP contribution in [0.15, 0.2) is 64.7 Å². The van der Waals surface area contributed by atoms with E-state index >= 15 is 0 Å². The molecule has 1 saturated carbocycles. The van der Waals surface area contributed by atoms with Gasteiger partial charge in [-0.25, -0.2) is 9.97 Å². The van der Waals surface area contributed by atoms with E-state index < -0.39 is 30.0 Å². The minimum atomic E-state index is -0.906. The predicted molar refractivity (Wildman–Crippen MR) is 272 cm³/mol. The van der Waals surface area contributed by atoms with Crippen LogP contribution in [-0.4, -0.2) is 145 Å². The van der Waals surface area contributed by atoms with Crippen LogP contribution in [-0.2, 0) is 39.9 Å². The van der Waals surface area contributed by atoms with E-state index in [2.05, 4.69) is 52.1 Å². The molecule has 4 aromatic rings. The predicted octanol–water partition coefficient (Wildman–Crippen LogP) is 6.25. The van der Waals surface area contributed by atoms with Crippen LogP contribution in [0, 0.1) is 12.8 Å². The summed E-state index contributed by atoms with van der Waals surface area (Å²) in [7, 11) is 1.88. The third-order valence-electron chi connectivity index (χ3n) is 12.0. The second-order valence-electron chi connectivity index (χ2n) is 17.6. The van der Waals surface area contributed by atoms with Gasteiger partial charge in [-0.2, -0.15) is 4.98 Å². The monoisotopic (exact) mass is 1050 g/mol. The summed E-state index contributed by atoms with van der Waals surface area (Å²) in [6.07, 6.45) is 8.07. The lowest BCUT2D eigenvalue weighted by Crippen LogP contribution is -2.53. The first-order valence-electron chi connectivity index (χ1n) is 24.2. The van der Waals surface area contributed by atoms with E-state index in [1.807, 2.05) is 72.9 Å². The first kappa shape index (κ1) is 54.1. The smallest absolute Gasteiger partial charge is 0.246 e. The normalized spacial score (nSPS) is 16.0. The van der Waals surface area contributed by atoms with Gasteiger partial charge in [-0.05, 0) is 104 Å². The fraction of sp³-hybridized carbons (Fsp3) is 0.540. The zero-order valence-corrected chi connectivity index (χ0v) is 42.9.